The topological polar surface area (TPSA) is 29.1 Å². The van der Waals surface area contributed by atoms with Gasteiger partial charge < -0.3 is 5.32 Å². The zero-order valence-corrected chi connectivity index (χ0v) is 7.78. The second-order valence-corrected chi connectivity index (χ2v) is 3.13. The largest absolute Gasteiger partial charge is 0.355 e. The summed E-state index contributed by atoms with van der Waals surface area (Å²) in [6.45, 7) is 6.24. The van der Waals surface area contributed by atoms with E-state index in [0.717, 1.165) is 12.8 Å². The van der Waals surface area contributed by atoms with Gasteiger partial charge in [-0.1, -0.05) is 29.8 Å². The highest BCUT2D eigenvalue weighted by Crippen LogP contribution is 2.02. The lowest BCUT2D eigenvalue weighted by molar-refractivity contribution is -0.120. The smallest absolute Gasteiger partial charge is 0.233 e. The molecule has 1 unspecified atom stereocenters. The average molecular weight is 207 g/mol. The van der Waals surface area contributed by atoms with Crippen molar-refractivity contribution in [1.29, 1.82) is 0 Å². The summed E-state index contributed by atoms with van der Waals surface area (Å²) < 4.78 is 0. The molecule has 0 aromatic carbocycles. The third-order valence-corrected chi connectivity index (χ3v) is 2.18. The van der Waals surface area contributed by atoms with E-state index in [-0.39, 0.29) is 10.7 Å². The van der Waals surface area contributed by atoms with E-state index >= 15 is 0 Å². The van der Waals surface area contributed by atoms with E-state index in [2.05, 4.69) is 28.2 Å². The zero-order valence-electron chi connectivity index (χ0n) is 6.19. The Morgan fingerprint density at radius 3 is 2.80 bits per heavy atom. The molecular weight excluding hydrogens is 194 g/mol. The molecule has 1 atom stereocenters. The van der Waals surface area contributed by atoms with Gasteiger partial charge in [0, 0.05) is 6.54 Å². The fourth-order valence-corrected chi connectivity index (χ4v) is 0.670. The number of halogens is 1. The lowest BCUT2D eigenvalue weighted by Crippen LogP contribution is -2.31. The van der Waals surface area contributed by atoms with Gasteiger partial charge in [-0.05, 0) is 12.8 Å². The Morgan fingerprint density at radius 1 is 1.80 bits per heavy atom. The maximum absolute atomic E-state index is 10.9. The van der Waals surface area contributed by atoms with Crippen molar-refractivity contribution in [2.75, 3.05) is 6.54 Å². The van der Waals surface area contributed by atoms with Gasteiger partial charge in [0.15, 0.2) is 0 Å². The highest BCUT2D eigenvalue weighted by Gasteiger charge is 2.09. The molecule has 0 saturated carbocycles. The van der Waals surface area contributed by atoms with E-state index in [1.54, 1.807) is 0 Å². The molecule has 0 aliphatic heterocycles. The molecule has 1 amide bonds. The quantitative estimate of drug-likeness (QED) is 0.695. The predicted octanol–water partition coefficient (Wildman–Crippen LogP) is 1.50. The zero-order chi connectivity index (χ0) is 7.98. The van der Waals surface area contributed by atoms with Crippen molar-refractivity contribution in [2.24, 2.45) is 0 Å². The van der Waals surface area contributed by atoms with E-state index in [4.69, 9.17) is 0 Å². The van der Waals surface area contributed by atoms with Gasteiger partial charge in [0.1, 0.15) is 0 Å². The van der Waals surface area contributed by atoms with Crippen LogP contribution < -0.4 is 5.32 Å². The van der Waals surface area contributed by atoms with Gasteiger partial charge in [0.25, 0.3) is 0 Å². The Labute approximate surface area is 70.5 Å². The normalized spacial score (nSPS) is 12.7. The molecule has 0 spiro atoms. The van der Waals surface area contributed by atoms with Gasteiger partial charge in [-0.3, -0.25) is 4.79 Å². The summed E-state index contributed by atoms with van der Waals surface area (Å²) in [6, 6.07) is 0. The van der Waals surface area contributed by atoms with Crippen molar-refractivity contribution >= 4 is 21.8 Å². The SMILES string of the molecule is [CH2]CCNC(=O)C(Br)CC. The summed E-state index contributed by atoms with van der Waals surface area (Å²) in [5.74, 6) is 0.0613. The van der Waals surface area contributed by atoms with Crippen molar-refractivity contribution in [1.82, 2.24) is 5.32 Å². The number of carbonyl (C=O) groups excluding carboxylic acids is 1. The first kappa shape index (κ1) is 9.95. The Bertz CT molecular complexity index is 106. The molecule has 1 radical (unpaired) electrons. The average Bonchev–Trinajstić information content (AvgIpc) is 1.98. The fourth-order valence-electron chi connectivity index (χ4n) is 0.508. The van der Waals surface area contributed by atoms with Crippen molar-refractivity contribution in [3.05, 3.63) is 6.92 Å². The van der Waals surface area contributed by atoms with Gasteiger partial charge in [-0.15, -0.1) is 0 Å². The second kappa shape index (κ2) is 5.71. The minimum absolute atomic E-state index is 0.0425. The first-order chi connectivity index (χ1) is 4.72. The summed E-state index contributed by atoms with van der Waals surface area (Å²) >= 11 is 3.24. The monoisotopic (exact) mass is 206 g/mol. The number of rotatable bonds is 4. The van der Waals surface area contributed by atoms with E-state index in [1.165, 1.54) is 0 Å². The van der Waals surface area contributed by atoms with Crippen molar-refractivity contribution in [2.45, 2.75) is 24.6 Å². The Morgan fingerprint density at radius 2 is 2.40 bits per heavy atom. The first-order valence-corrected chi connectivity index (χ1v) is 4.35. The van der Waals surface area contributed by atoms with Gasteiger partial charge in [0.2, 0.25) is 5.91 Å². The van der Waals surface area contributed by atoms with Crippen LogP contribution in [-0.4, -0.2) is 17.3 Å². The first-order valence-electron chi connectivity index (χ1n) is 3.43. The number of hydrogen-bond acceptors (Lipinski definition) is 1. The summed E-state index contributed by atoms with van der Waals surface area (Å²) in [4.78, 5) is 10.9. The lowest BCUT2D eigenvalue weighted by atomic mass is 10.3. The predicted molar refractivity (Wildman–Crippen MR) is 46.0 cm³/mol. The molecule has 59 valence electrons. The van der Waals surface area contributed by atoms with Crippen LogP contribution in [0.25, 0.3) is 0 Å². The second-order valence-electron chi connectivity index (χ2n) is 2.02. The molecule has 0 aliphatic carbocycles. The van der Waals surface area contributed by atoms with Crippen LogP contribution in [-0.2, 0) is 4.79 Å². The standard InChI is InChI=1S/C7H13BrNO/c1-3-5-9-7(10)6(8)4-2/h6H,1,3-5H2,2H3,(H,9,10). The van der Waals surface area contributed by atoms with Crippen LogP contribution >= 0.6 is 15.9 Å². The number of amides is 1. The molecule has 2 nitrogen and oxygen atoms in total. The Hall–Kier alpha value is -0.0500. The van der Waals surface area contributed by atoms with E-state index < -0.39 is 0 Å². The summed E-state index contributed by atoms with van der Waals surface area (Å²) in [5.41, 5.74) is 0. The maximum Gasteiger partial charge on any atom is 0.233 e. The molecule has 1 N–H and O–H groups in total. The van der Waals surface area contributed by atoms with E-state index in [0.29, 0.717) is 6.54 Å². The van der Waals surface area contributed by atoms with Gasteiger partial charge >= 0.3 is 0 Å². The van der Waals surface area contributed by atoms with Crippen molar-refractivity contribution < 1.29 is 4.79 Å². The third kappa shape index (κ3) is 3.88. The third-order valence-electron chi connectivity index (χ3n) is 1.12. The Kier molecular flexibility index (Phi) is 5.69. The summed E-state index contributed by atoms with van der Waals surface area (Å²) in [5, 5.41) is 2.73. The number of alkyl halides is 1. The van der Waals surface area contributed by atoms with Gasteiger partial charge in [-0.25, -0.2) is 0 Å². The van der Waals surface area contributed by atoms with Crippen LogP contribution in [0.4, 0.5) is 0 Å². The molecule has 0 saturated heterocycles. The summed E-state index contributed by atoms with van der Waals surface area (Å²) in [7, 11) is 0. The molecule has 10 heavy (non-hydrogen) atoms. The highest BCUT2D eigenvalue weighted by molar-refractivity contribution is 9.10. The number of nitrogens with one attached hydrogen (secondary N) is 1. The van der Waals surface area contributed by atoms with Crippen LogP contribution in [0.5, 0.6) is 0 Å². The molecule has 0 bridgehead atoms. The van der Waals surface area contributed by atoms with E-state index in [1.807, 2.05) is 6.92 Å². The van der Waals surface area contributed by atoms with Crippen LogP contribution in [0.1, 0.15) is 19.8 Å². The number of carbonyl (C=O) groups is 1. The highest BCUT2D eigenvalue weighted by atomic mass is 79.9. The molecule has 0 aromatic rings. The minimum Gasteiger partial charge on any atom is -0.355 e. The molecule has 0 aliphatic rings. The van der Waals surface area contributed by atoms with Crippen LogP contribution in [0, 0.1) is 6.92 Å². The van der Waals surface area contributed by atoms with E-state index in [9.17, 15) is 4.79 Å². The summed E-state index contributed by atoms with van der Waals surface area (Å²) in [6.07, 6.45) is 1.57. The van der Waals surface area contributed by atoms with Crippen molar-refractivity contribution in [3.63, 3.8) is 0 Å². The minimum atomic E-state index is -0.0425. The van der Waals surface area contributed by atoms with Gasteiger partial charge in [0.05, 0.1) is 4.83 Å². The van der Waals surface area contributed by atoms with Crippen molar-refractivity contribution in [3.8, 4) is 0 Å². The number of hydrogen-bond donors (Lipinski definition) is 1. The molecular formula is C7H13BrNO. The molecule has 0 aromatic heterocycles. The Balaban J connectivity index is 3.42. The molecule has 3 heteroatoms. The molecule has 0 heterocycles. The van der Waals surface area contributed by atoms with Gasteiger partial charge in [-0.2, -0.15) is 0 Å². The molecule has 0 fully saturated rings. The maximum atomic E-state index is 10.9. The van der Waals surface area contributed by atoms with Crippen LogP contribution in [0.15, 0.2) is 0 Å². The van der Waals surface area contributed by atoms with Crippen LogP contribution in [0.3, 0.4) is 0 Å². The molecule has 0 rings (SSSR count). The van der Waals surface area contributed by atoms with Crippen LogP contribution in [0.2, 0.25) is 0 Å². The fraction of sp³-hybridized carbons (Fsp3) is 0.714. The lowest BCUT2D eigenvalue weighted by Gasteiger charge is -2.06.